The third-order valence-electron chi connectivity index (χ3n) is 3.25. The van der Waals surface area contributed by atoms with Crippen LogP contribution >= 0.6 is 11.6 Å². The van der Waals surface area contributed by atoms with E-state index in [0.29, 0.717) is 22.7 Å². The van der Waals surface area contributed by atoms with E-state index in [4.69, 9.17) is 16.3 Å². The van der Waals surface area contributed by atoms with E-state index in [9.17, 15) is 9.18 Å². The van der Waals surface area contributed by atoms with E-state index in [1.54, 1.807) is 29.7 Å². The zero-order valence-corrected chi connectivity index (χ0v) is 12.3. The number of ether oxygens (including phenoxy) is 1. The van der Waals surface area contributed by atoms with Crippen LogP contribution in [0.4, 0.5) is 4.39 Å². The number of rotatable bonds is 4. The summed E-state index contributed by atoms with van der Waals surface area (Å²) in [5.41, 5.74) is 2.30. The van der Waals surface area contributed by atoms with Gasteiger partial charge in [0, 0.05) is 23.0 Å². The first-order valence-electron chi connectivity index (χ1n) is 6.11. The molecule has 0 radical (unpaired) electrons. The molecule has 2 aromatic rings. The molecule has 2 rings (SSSR count). The zero-order valence-electron chi connectivity index (χ0n) is 11.5. The van der Waals surface area contributed by atoms with Crippen molar-refractivity contribution in [1.82, 2.24) is 4.57 Å². The van der Waals surface area contributed by atoms with Crippen LogP contribution in [0.5, 0.6) is 5.75 Å². The molecule has 0 spiro atoms. The molecule has 106 valence electrons. The van der Waals surface area contributed by atoms with Crippen LogP contribution in [0, 0.1) is 19.7 Å². The molecule has 0 amide bonds. The minimum absolute atomic E-state index is 0.0924. The second kappa shape index (κ2) is 5.67. The Hall–Kier alpha value is -1.81. The summed E-state index contributed by atoms with van der Waals surface area (Å²) in [6.07, 6.45) is 0. The molecule has 20 heavy (non-hydrogen) atoms. The zero-order chi connectivity index (χ0) is 14.9. The highest BCUT2D eigenvalue weighted by molar-refractivity contribution is 6.30. The van der Waals surface area contributed by atoms with E-state index in [1.807, 2.05) is 6.92 Å². The second-order valence-electron chi connectivity index (χ2n) is 4.49. The van der Waals surface area contributed by atoms with Crippen LogP contribution in [-0.4, -0.2) is 23.3 Å². The number of carbonyl (C=O) groups is 1. The van der Waals surface area contributed by atoms with Crippen LogP contribution in [0.3, 0.4) is 0 Å². The van der Waals surface area contributed by atoms with E-state index in [-0.39, 0.29) is 17.5 Å². The number of hydrogen-bond acceptors (Lipinski definition) is 2. The largest absolute Gasteiger partial charge is 0.497 e. The third kappa shape index (κ3) is 2.43. The summed E-state index contributed by atoms with van der Waals surface area (Å²) >= 11 is 5.59. The summed E-state index contributed by atoms with van der Waals surface area (Å²) in [6, 6.07) is 6.22. The van der Waals surface area contributed by atoms with E-state index in [2.05, 4.69) is 0 Å². The van der Waals surface area contributed by atoms with Crippen LogP contribution in [-0.2, 0) is 0 Å². The maximum atomic E-state index is 14.1. The van der Waals surface area contributed by atoms with E-state index in [0.717, 1.165) is 5.69 Å². The van der Waals surface area contributed by atoms with Crippen molar-refractivity contribution in [2.45, 2.75) is 13.8 Å². The Morgan fingerprint density at radius 1 is 1.35 bits per heavy atom. The Bertz CT molecular complexity index is 664. The molecule has 0 aliphatic rings. The lowest BCUT2D eigenvalue weighted by Crippen LogP contribution is -2.06. The summed E-state index contributed by atoms with van der Waals surface area (Å²) in [6.45, 7) is 3.59. The fraction of sp³-hybridized carbons (Fsp3) is 0.267. The summed E-state index contributed by atoms with van der Waals surface area (Å²) in [4.78, 5) is 11.8. The summed E-state index contributed by atoms with van der Waals surface area (Å²) < 4.78 is 20.9. The fourth-order valence-corrected chi connectivity index (χ4v) is 2.42. The molecule has 1 heterocycles. The molecule has 3 nitrogen and oxygen atoms in total. The van der Waals surface area contributed by atoms with Crippen molar-refractivity contribution in [3.05, 3.63) is 47.0 Å². The van der Waals surface area contributed by atoms with Crippen LogP contribution in [0.15, 0.2) is 24.3 Å². The standard InChI is InChI=1S/C15H15ClFNO2/c1-9-6-12(15(19)8-16)10(2)18(9)14-7-11(20-3)4-5-13(14)17/h4-7H,8H2,1-3H3. The third-order valence-corrected chi connectivity index (χ3v) is 3.49. The predicted molar refractivity (Wildman–Crippen MR) is 76.8 cm³/mol. The van der Waals surface area contributed by atoms with Crippen molar-refractivity contribution in [1.29, 1.82) is 0 Å². The van der Waals surface area contributed by atoms with E-state index >= 15 is 0 Å². The van der Waals surface area contributed by atoms with E-state index < -0.39 is 0 Å². The molecule has 0 atom stereocenters. The summed E-state index contributed by atoms with van der Waals surface area (Å²) in [5.74, 6) is -0.0869. The number of benzene rings is 1. The Morgan fingerprint density at radius 2 is 2.05 bits per heavy atom. The average molecular weight is 296 g/mol. The maximum absolute atomic E-state index is 14.1. The average Bonchev–Trinajstić information content (AvgIpc) is 2.74. The Balaban J connectivity index is 2.64. The molecule has 0 aliphatic heterocycles. The topological polar surface area (TPSA) is 31.2 Å². The van der Waals surface area contributed by atoms with Crippen LogP contribution in [0.25, 0.3) is 5.69 Å². The number of aromatic nitrogens is 1. The Morgan fingerprint density at radius 3 is 2.65 bits per heavy atom. The van der Waals surface area contributed by atoms with Gasteiger partial charge in [-0.15, -0.1) is 11.6 Å². The SMILES string of the molecule is COc1ccc(F)c(-n2c(C)cc(C(=O)CCl)c2C)c1. The second-order valence-corrected chi connectivity index (χ2v) is 4.76. The Kier molecular flexibility index (Phi) is 4.14. The summed E-state index contributed by atoms with van der Waals surface area (Å²) in [5, 5.41) is 0. The lowest BCUT2D eigenvalue weighted by atomic mass is 10.2. The smallest absolute Gasteiger partial charge is 0.179 e. The number of methoxy groups -OCH3 is 1. The molecule has 0 saturated heterocycles. The quantitative estimate of drug-likeness (QED) is 0.637. The van der Waals surface area contributed by atoms with Gasteiger partial charge >= 0.3 is 0 Å². The first kappa shape index (κ1) is 14.6. The minimum atomic E-state index is -0.377. The lowest BCUT2D eigenvalue weighted by Gasteiger charge is -2.12. The number of halogens is 2. The number of carbonyl (C=O) groups excluding carboxylic acids is 1. The van der Waals surface area contributed by atoms with Gasteiger partial charge in [-0.3, -0.25) is 4.79 Å². The van der Waals surface area contributed by atoms with Crippen molar-refractivity contribution < 1.29 is 13.9 Å². The number of aryl methyl sites for hydroxylation is 1. The van der Waals surface area contributed by atoms with E-state index in [1.165, 1.54) is 13.2 Å². The number of alkyl halides is 1. The van der Waals surface area contributed by atoms with Gasteiger partial charge in [0.25, 0.3) is 0 Å². The van der Waals surface area contributed by atoms with Crippen molar-refractivity contribution in [3.8, 4) is 11.4 Å². The summed E-state index contributed by atoms with van der Waals surface area (Å²) in [7, 11) is 1.52. The van der Waals surface area contributed by atoms with Gasteiger partial charge in [0.2, 0.25) is 0 Å². The minimum Gasteiger partial charge on any atom is -0.497 e. The molecule has 0 N–H and O–H groups in total. The Labute approximate surface area is 121 Å². The van der Waals surface area contributed by atoms with Gasteiger partial charge in [-0.2, -0.15) is 0 Å². The van der Waals surface area contributed by atoms with Crippen LogP contribution in [0.1, 0.15) is 21.7 Å². The van der Waals surface area contributed by atoms with Gasteiger partial charge in [-0.25, -0.2) is 4.39 Å². The van der Waals surface area contributed by atoms with Crippen molar-refractivity contribution in [2.24, 2.45) is 0 Å². The highest BCUT2D eigenvalue weighted by Crippen LogP contribution is 2.26. The van der Waals surface area contributed by atoms with Gasteiger partial charge in [0.15, 0.2) is 5.78 Å². The van der Waals surface area contributed by atoms with Gasteiger partial charge in [0.05, 0.1) is 18.7 Å². The number of hydrogen-bond donors (Lipinski definition) is 0. The van der Waals surface area contributed by atoms with Crippen molar-refractivity contribution in [3.63, 3.8) is 0 Å². The fourth-order valence-electron chi connectivity index (χ4n) is 2.28. The molecule has 0 saturated carbocycles. The van der Waals surface area contributed by atoms with Crippen LogP contribution in [0.2, 0.25) is 0 Å². The monoisotopic (exact) mass is 295 g/mol. The van der Waals surface area contributed by atoms with Gasteiger partial charge in [-0.05, 0) is 32.0 Å². The maximum Gasteiger partial charge on any atom is 0.179 e. The molecule has 1 aromatic carbocycles. The van der Waals surface area contributed by atoms with Gasteiger partial charge in [-0.1, -0.05) is 0 Å². The molecule has 5 heteroatoms. The highest BCUT2D eigenvalue weighted by atomic mass is 35.5. The molecule has 0 unspecified atom stereocenters. The number of ketones is 1. The predicted octanol–water partition coefficient (Wildman–Crippen LogP) is 3.66. The van der Waals surface area contributed by atoms with Crippen molar-refractivity contribution >= 4 is 17.4 Å². The van der Waals surface area contributed by atoms with Crippen LogP contribution < -0.4 is 4.74 Å². The molecule has 0 aliphatic carbocycles. The number of Topliss-reactive ketones (excluding diaryl/α,β-unsaturated/α-hetero) is 1. The molecule has 0 bridgehead atoms. The lowest BCUT2D eigenvalue weighted by molar-refractivity contribution is 0.102. The number of nitrogens with zero attached hydrogens (tertiary/aromatic N) is 1. The molecule has 1 aromatic heterocycles. The van der Waals surface area contributed by atoms with Gasteiger partial charge in [0.1, 0.15) is 11.6 Å². The molecule has 0 fully saturated rings. The first-order valence-corrected chi connectivity index (χ1v) is 6.65. The normalized spacial score (nSPS) is 10.7. The highest BCUT2D eigenvalue weighted by Gasteiger charge is 2.18. The van der Waals surface area contributed by atoms with Crippen molar-refractivity contribution in [2.75, 3.05) is 13.0 Å². The van der Waals surface area contributed by atoms with Gasteiger partial charge < -0.3 is 9.30 Å². The molecular formula is C15H15ClFNO2. The molecular weight excluding hydrogens is 281 g/mol. The first-order chi connectivity index (χ1) is 9.49.